The van der Waals surface area contributed by atoms with Gasteiger partial charge in [-0.2, -0.15) is 0 Å². The van der Waals surface area contributed by atoms with Crippen molar-refractivity contribution in [3.63, 3.8) is 0 Å². The topological polar surface area (TPSA) is 26.0 Å². The van der Waals surface area contributed by atoms with E-state index in [9.17, 15) is 0 Å². The van der Waals surface area contributed by atoms with Crippen LogP contribution in [0, 0.1) is 13.8 Å². The van der Waals surface area contributed by atoms with E-state index in [0.29, 0.717) is 0 Å². The van der Waals surface area contributed by atoms with Crippen molar-refractivity contribution in [3.8, 4) is 0 Å². The smallest absolute Gasteiger partial charge is 0.0649 e. The minimum atomic E-state index is -0.0719. The molecule has 3 heteroatoms. The third-order valence-electron chi connectivity index (χ3n) is 2.64. The van der Waals surface area contributed by atoms with Crippen LogP contribution in [0.4, 0.5) is 0 Å². The van der Waals surface area contributed by atoms with Gasteiger partial charge in [-0.3, -0.25) is 0 Å². The average molecular weight is 252 g/mol. The highest BCUT2D eigenvalue weighted by Gasteiger charge is 2.13. The maximum atomic E-state index is 6.25. The van der Waals surface area contributed by atoms with E-state index in [1.54, 1.807) is 11.3 Å². The van der Waals surface area contributed by atoms with Gasteiger partial charge in [-0.15, -0.1) is 11.3 Å². The molecule has 1 nitrogen and oxygen atoms in total. The van der Waals surface area contributed by atoms with Crippen LogP contribution in [-0.2, 0) is 0 Å². The summed E-state index contributed by atoms with van der Waals surface area (Å²) in [6.07, 6.45) is 0. The highest BCUT2D eigenvalue weighted by Crippen LogP contribution is 2.29. The lowest BCUT2D eigenvalue weighted by Crippen LogP contribution is -2.11. The van der Waals surface area contributed by atoms with E-state index in [4.69, 9.17) is 17.3 Å². The Morgan fingerprint density at radius 3 is 2.56 bits per heavy atom. The molecule has 2 aromatic rings. The SMILES string of the molecule is Cc1ccc(C(N)c2cc(Cl)ccc2C)s1. The lowest BCUT2D eigenvalue weighted by atomic mass is 10.0. The number of thiophene rings is 1. The van der Waals surface area contributed by atoms with Crippen LogP contribution in [-0.4, -0.2) is 0 Å². The second-order valence-electron chi connectivity index (χ2n) is 3.93. The molecule has 1 aromatic heterocycles. The predicted octanol–water partition coefficient (Wildman–Crippen LogP) is 4.07. The molecule has 0 fully saturated rings. The van der Waals surface area contributed by atoms with Crippen LogP contribution in [0.5, 0.6) is 0 Å². The quantitative estimate of drug-likeness (QED) is 0.856. The summed E-state index contributed by atoms with van der Waals surface area (Å²) >= 11 is 7.74. The molecule has 0 amide bonds. The molecule has 84 valence electrons. The summed E-state index contributed by atoms with van der Waals surface area (Å²) in [4.78, 5) is 2.47. The minimum absolute atomic E-state index is 0.0719. The van der Waals surface area contributed by atoms with Gasteiger partial charge >= 0.3 is 0 Å². The fourth-order valence-electron chi connectivity index (χ4n) is 1.72. The summed E-state index contributed by atoms with van der Waals surface area (Å²) in [7, 11) is 0. The van der Waals surface area contributed by atoms with Crippen molar-refractivity contribution in [1.82, 2.24) is 0 Å². The number of aryl methyl sites for hydroxylation is 2. The number of benzene rings is 1. The van der Waals surface area contributed by atoms with Crippen molar-refractivity contribution in [1.29, 1.82) is 0 Å². The monoisotopic (exact) mass is 251 g/mol. The van der Waals surface area contributed by atoms with E-state index < -0.39 is 0 Å². The van der Waals surface area contributed by atoms with Gasteiger partial charge in [0, 0.05) is 14.8 Å². The fraction of sp³-hybridized carbons (Fsp3) is 0.231. The zero-order valence-corrected chi connectivity index (χ0v) is 10.9. The summed E-state index contributed by atoms with van der Waals surface area (Å²) in [5.41, 5.74) is 8.54. The second kappa shape index (κ2) is 4.58. The average Bonchev–Trinajstić information content (AvgIpc) is 2.67. The van der Waals surface area contributed by atoms with Crippen LogP contribution in [0.1, 0.15) is 26.9 Å². The molecule has 2 N–H and O–H groups in total. The Labute approximate surface area is 105 Å². The third-order valence-corrected chi connectivity index (χ3v) is 3.96. The van der Waals surface area contributed by atoms with Gasteiger partial charge in [-0.1, -0.05) is 17.7 Å². The summed E-state index contributed by atoms with van der Waals surface area (Å²) in [6.45, 7) is 4.15. The second-order valence-corrected chi connectivity index (χ2v) is 5.68. The maximum absolute atomic E-state index is 6.25. The van der Waals surface area contributed by atoms with E-state index in [1.165, 1.54) is 15.3 Å². The Morgan fingerprint density at radius 2 is 1.94 bits per heavy atom. The molecule has 16 heavy (non-hydrogen) atoms. The van der Waals surface area contributed by atoms with Crippen LogP contribution in [0.25, 0.3) is 0 Å². The maximum Gasteiger partial charge on any atom is 0.0649 e. The molecule has 0 saturated carbocycles. The molecule has 0 aliphatic rings. The number of halogens is 1. The largest absolute Gasteiger partial charge is 0.320 e. The van der Waals surface area contributed by atoms with Gasteiger partial charge in [-0.05, 0) is 49.2 Å². The van der Waals surface area contributed by atoms with Gasteiger partial charge in [0.1, 0.15) is 0 Å². The summed E-state index contributed by atoms with van der Waals surface area (Å²) in [5.74, 6) is 0. The van der Waals surface area contributed by atoms with Crippen LogP contribution in [0.3, 0.4) is 0 Å². The van der Waals surface area contributed by atoms with Gasteiger partial charge in [0.05, 0.1) is 6.04 Å². The van der Waals surface area contributed by atoms with Gasteiger partial charge < -0.3 is 5.73 Å². The van der Waals surface area contributed by atoms with Crippen LogP contribution in [0.2, 0.25) is 5.02 Å². The van der Waals surface area contributed by atoms with Gasteiger partial charge in [0.2, 0.25) is 0 Å². The molecular formula is C13H14ClNS. The van der Waals surface area contributed by atoms with Crippen molar-refractivity contribution in [2.75, 3.05) is 0 Å². The molecule has 0 radical (unpaired) electrons. The van der Waals surface area contributed by atoms with Gasteiger partial charge in [-0.25, -0.2) is 0 Å². The molecule has 1 unspecified atom stereocenters. The van der Waals surface area contributed by atoms with Crippen LogP contribution in [0.15, 0.2) is 30.3 Å². The summed E-state index contributed by atoms with van der Waals surface area (Å²) < 4.78 is 0. The number of rotatable bonds is 2. The molecule has 0 bridgehead atoms. The van der Waals surface area contributed by atoms with E-state index >= 15 is 0 Å². The first kappa shape index (κ1) is 11.6. The number of hydrogen-bond acceptors (Lipinski definition) is 2. The van der Waals surface area contributed by atoms with E-state index in [1.807, 2.05) is 18.2 Å². The van der Waals surface area contributed by atoms with Crippen molar-refractivity contribution in [2.24, 2.45) is 5.73 Å². The zero-order chi connectivity index (χ0) is 11.7. The lowest BCUT2D eigenvalue weighted by molar-refractivity contribution is 0.883. The first-order chi connectivity index (χ1) is 7.58. The molecule has 0 aliphatic heterocycles. The van der Waals surface area contributed by atoms with Crippen molar-refractivity contribution in [3.05, 3.63) is 56.2 Å². The highest BCUT2D eigenvalue weighted by atomic mass is 35.5. The molecule has 2 rings (SSSR count). The molecule has 1 atom stereocenters. The van der Waals surface area contributed by atoms with E-state index in [2.05, 4.69) is 26.0 Å². The Kier molecular flexibility index (Phi) is 3.33. The Hall–Kier alpha value is -0.830. The molecule has 1 aromatic carbocycles. The third kappa shape index (κ3) is 2.29. The molecule has 0 aliphatic carbocycles. The van der Waals surface area contributed by atoms with Crippen molar-refractivity contribution >= 4 is 22.9 Å². The van der Waals surface area contributed by atoms with Crippen LogP contribution < -0.4 is 5.73 Å². The molecule has 1 heterocycles. The van der Waals surface area contributed by atoms with Gasteiger partial charge in [0.15, 0.2) is 0 Å². The number of nitrogens with two attached hydrogens (primary N) is 1. The molecule has 0 saturated heterocycles. The van der Waals surface area contributed by atoms with Crippen molar-refractivity contribution < 1.29 is 0 Å². The normalized spacial score (nSPS) is 12.8. The number of hydrogen-bond donors (Lipinski definition) is 1. The summed E-state index contributed by atoms with van der Waals surface area (Å²) in [6, 6.07) is 9.98. The first-order valence-electron chi connectivity index (χ1n) is 5.16. The molecular weight excluding hydrogens is 238 g/mol. The Bertz CT molecular complexity index is 504. The van der Waals surface area contributed by atoms with Crippen LogP contribution >= 0.6 is 22.9 Å². The Morgan fingerprint density at radius 1 is 1.19 bits per heavy atom. The van der Waals surface area contributed by atoms with Crippen molar-refractivity contribution in [2.45, 2.75) is 19.9 Å². The minimum Gasteiger partial charge on any atom is -0.320 e. The highest BCUT2D eigenvalue weighted by molar-refractivity contribution is 7.12. The lowest BCUT2D eigenvalue weighted by Gasteiger charge is -2.13. The Balaban J connectivity index is 2.40. The zero-order valence-electron chi connectivity index (χ0n) is 9.33. The van der Waals surface area contributed by atoms with E-state index in [-0.39, 0.29) is 6.04 Å². The van der Waals surface area contributed by atoms with Gasteiger partial charge in [0.25, 0.3) is 0 Å². The molecule has 0 spiro atoms. The predicted molar refractivity (Wildman–Crippen MR) is 71.3 cm³/mol. The fourth-order valence-corrected chi connectivity index (χ4v) is 2.80. The standard InChI is InChI=1S/C13H14ClNS/c1-8-3-5-10(14)7-11(8)13(15)12-6-4-9(2)16-12/h3-7,13H,15H2,1-2H3. The summed E-state index contributed by atoms with van der Waals surface area (Å²) in [5, 5.41) is 0.740. The van der Waals surface area contributed by atoms with E-state index in [0.717, 1.165) is 10.6 Å². The first-order valence-corrected chi connectivity index (χ1v) is 6.35.